The monoisotopic (exact) mass is 296 g/mol. The van der Waals surface area contributed by atoms with Crippen molar-refractivity contribution in [1.82, 2.24) is 0 Å². The lowest BCUT2D eigenvalue weighted by molar-refractivity contribution is -0.384. The third-order valence-corrected chi connectivity index (χ3v) is 2.74. The lowest BCUT2D eigenvalue weighted by Gasteiger charge is -2.05. The number of benzene rings is 1. The van der Waals surface area contributed by atoms with Crippen molar-refractivity contribution < 1.29 is 19.2 Å². The highest BCUT2D eigenvalue weighted by molar-refractivity contribution is 6.31. The summed E-state index contributed by atoms with van der Waals surface area (Å²) in [5.41, 5.74) is 0.123. The minimum atomic E-state index is -1.10. The van der Waals surface area contributed by atoms with Gasteiger partial charge in [-0.15, -0.1) is 0 Å². The van der Waals surface area contributed by atoms with Crippen molar-refractivity contribution in [3.8, 4) is 0 Å². The van der Waals surface area contributed by atoms with Crippen LogP contribution in [0.25, 0.3) is 0 Å². The van der Waals surface area contributed by atoms with Gasteiger partial charge in [0.25, 0.3) is 5.69 Å². The van der Waals surface area contributed by atoms with Crippen molar-refractivity contribution >= 4 is 28.9 Å². The van der Waals surface area contributed by atoms with Crippen LogP contribution >= 0.6 is 11.6 Å². The van der Waals surface area contributed by atoms with E-state index >= 15 is 0 Å². The quantitative estimate of drug-likeness (QED) is 0.648. The molecule has 0 fully saturated rings. The van der Waals surface area contributed by atoms with Crippen LogP contribution in [0, 0.1) is 10.1 Å². The second-order valence-electron chi connectivity index (χ2n) is 3.88. The molecule has 0 unspecified atom stereocenters. The molecule has 8 heteroatoms. The first-order valence-corrected chi connectivity index (χ1v) is 5.83. The Kier molecular flexibility index (Phi) is 3.90. The average Bonchev–Trinajstić information content (AvgIpc) is 2.85. The number of furan rings is 1. The summed E-state index contributed by atoms with van der Waals surface area (Å²) in [5, 5.41) is 22.8. The first-order chi connectivity index (χ1) is 9.47. The molecule has 0 radical (unpaired) electrons. The zero-order valence-corrected chi connectivity index (χ0v) is 10.8. The Morgan fingerprint density at radius 1 is 1.45 bits per heavy atom. The summed E-state index contributed by atoms with van der Waals surface area (Å²) in [6, 6.07) is 5.46. The number of hydrogen-bond acceptors (Lipinski definition) is 5. The number of nitro groups is 1. The van der Waals surface area contributed by atoms with Gasteiger partial charge in [0, 0.05) is 11.1 Å². The Labute approximate surface area is 117 Å². The van der Waals surface area contributed by atoms with E-state index in [1.54, 1.807) is 0 Å². The molecule has 1 heterocycles. The van der Waals surface area contributed by atoms with Crippen LogP contribution in [-0.2, 0) is 6.54 Å². The van der Waals surface area contributed by atoms with Crippen LogP contribution in [0.1, 0.15) is 16.1 Å². The van der Waals surface area contributed by atoms with Gasteiger partial charge in [0.05, 0.1) is 17.0 Å². The smallest absolute Gasteiger partial charge is 0.338 e. The van der Waals surface area contributed by atoms with Gasteiger partial charge in [0.1, 0.15) is 17.7 Å². The number of nitrogens with one attached hydrogen (secondary N) is 1. The predicted molar refractivity (Wildman–Crippen MR) is 71.1 cm³/mol. The number of hydrogen-bond donors (Lipinski definition) is 2. The fourth-order valence-corrected chi connectivity index (χ4v) is 1.75. The number of aromatic carboxylic acids is 1. The maximum Gasteiger partial charge on any atom is 0.338 e. The fourth-order valence-electron chi connectivity index (χ4n) is 1.58. The van der Waals surface area contributed by atoms with E-state index in [1.807, 2.05) is 0 Å². The van der Waals surface area contributed by atoms with E-state index in [1.165, 1.54) is 24.3 Å². The van der Waals surface area contributed by atoms with Crippen LogP contribution in [0.2, 0.25) is 5.02 Å². The zero-order valence-electron chi connectivity index (χ0n) is 10.00. The Morgan fingerprint density at radius 3 is 2.80 bits per heavy atom. The maximum absolute atomic E-state index is 10.9. The summed E-state index contributed by atoms with van der Waals surface area (Å²) in [6.07, 6.45) is 1.10. The summed E-state index contributed by atoms with van der Waals surface area (Å²) in [7, 11) is 0. The number of nitro benzene ring substituents is 1. The van der Waals surface area contributed by atoms with Crippen molar-refractivity contribution in [2.75, 3.05) is 5.32 Å². The van der Waals surface area contributed by atoms with Crippen molar-refractivity contribution in [2.45, 2.75) is 6.54 Å². The van der Waals surface area contributed by atoms with Gasteiger partial charge in [-0.25, -0.2) is 4.79 Å². The van der Waals surface area contributed by atoms with Gasteiger partial charge in [-0.3, -0.25) is 10.1 Å². The normalized spacial score (nSPS) is 10.2. The zero-order chi connectivity index (χ0) is 14.7. The summed E-state index contributed by atoms with van der Waals surface area (Å²) in [4.78, 5) is 21.0. The van der Waals surface area contributed by atoms with Crippen LogP contribution in [-0.4, -0.2) is 16.0 Å². The first kappa shape index (κ1) is 13.9. The maximum atomic E-state index is 10.9. The van der Waals surface area contributed by atoms with Crippen LogP contribution in [0.5, 0.6) is 0 Å². The lowest BCUT2D eigenvalue weighted by atomic mass is 10.2. The molecular weight excluding hydrogens is 288 g/mol. The molecule has 104 valence electrons. The predicted octanol–water partition coefficient (Wildman–Crippen LogP) is 3.15. The highest BCUT2D eigenvalue weighted by Crippen LogP contribution is 2.28. The van der Waals surface area contributed by atoms with Gasteiger partial charge in [0.2, 0.25) is 0 Å². The Morgan fingerprint density at radius 2 is 2.20 bits per heavy atom. The minimum Gasteiger partial charge on any atom is -0.478 e. The van der Waals surface area contributed by atoms with Crippen LogP contribution in [0.4, 0.5) is 11.4 Å². The van der Waals surface area contributed by atoms with E-state index in [4.69, 9.17) is 21.1 Å². The SMILES string of the molecule is O=C(O)c1coc(CNc2cc(Cl)ccc2[N+](=O)[O-])c1. The van der Waals surface area contributed by atoms with Gasteiger partial charge in [0.15, 0.2) is 0 Å². The van der Waals surface area contributed by atoms with Crippen molar-refractivity contribution in [2.24, 2.45) is 0 Å². The van der Waals surface area contributed by atoms with E-state index in [-0.39, 0.29) is 23.5 Å². The lowest BCUT2D eigenvalue weighted by Crippen LogP contribution is -2.02. The van der Waals surface area contributed by atoms with E-state index in [0.29, 0.717) is 10.8 Å². The second kappa shape index (κ2) is 5.62. The summed E-state index contributed by atoms with van der Waals surface area (Å²) < 4.78 is 5.03. The molecule has 0 spiro atoms. The second-order valence-corrected chi connectivity index (χ2v) is 4.32. The van der Waals surface area contributed by atoms with Gasteiger partial charge >= 0.3 is 5.97 Å². The molecule has 0 amide bonds. The summed E-state index contributed by atoms with van der Waals surface area (Å²) in [6.45, 7) is 0.106. The van der Waals surface area contributed by atoms with Crippen LogP contribution in [0.3, 0.4) is 0 Å². The highest BCUT2D eigenvalue weighted by atomic mass is 35.5. The molecular formula is C12H9ClN2O5. The standard InChI is InChI=1S/C12H9ClN2O5/c13-8-1-2-11(15(18)19)10(4-8)14-5-9-3-7(6-20-9)12(16)17/h1-4,6,14H,5H2,(H,16,17). The van der Waals surface area contributed by atoms with E-state index in [0.717, 1.165) is 6.26 Å². The third kappa shape index (κ3) is 3.07. The largest absolute Gasteiger partial charge is 0.478 e. The average molecular weight is 297 g/mol. The van der Waals surface area contributed by atoms with Crippen molar-refractivity contribution in [3.63, 3.8) is 0 Å². The molecule has 20 heavy (non-hydrogen) atoms. The number of anilines is 1. The molecule has 2 aromatic rings. The van der Waals surface area contributed by atoms with Gasteiger partial charge in [-0.1, -0.05) is 11.6 Å². The van der Waals surface area contributed by atoms with E-state index in [2.05, 4.69) is 5.32 Å². The van der Waals surface area contributed by atoms with Crippen LogP contribution in [0.15, 0.2) is 34.9 Å². The summed E-state index contributed by atoms with van der Waals surface area (Å²) >= 11 is 5.79. The van der Waals surface area contributed by atoms with E-state index in [9.17, 15) is 14.9 Å². The molecule has 1 aromatic carbocycles. The molecule has 0 bridgehead atoms. The number of nitrogens with zero attached hydrogens (tertiary/aromatic N) is 1. The molecule has 0 atom stereocenters. The Hall–Kier alpha value is -2.54. The molecule has 0 aliphatic heterocycles. The highest BCUT2D eigenvalue weighted by Gasteiger charge is 2.14. The number of carboxylic acid groups (broad SMARTS) is 1. The Bertz CT molecular complexity index is 668. The third-order valence-electron chi connectivity index (χ3n) is 2.51. The van der Waals surface area contributed by atoms with Crippen molar-refractivity contribution in [3.05, 3.63) is 57.0 Å². The van der Waals surface area contributed by atoms with Gasteiger partial charge < -0.3 is 14.8 Å². The molecule has 7 nitrogen and oxygen atoms in total. The fraction of sp³-hybridized carbons (Fsp3) is 0.0833. The molecule has 2 rings (SSSR count). The van der Waals surface area contributed by atoms with Gasteiger partial charge in [-0.2, -0.15) is 0 Å². The van der Waals surface area contributed by atoms with Crippen molar-refractivity contribution in [1.29, 1.82) is 0 Å². The number of rotatable bonds is 5. The molecule has 1 aromatic heterocycles. The summed E-state index contributed by atoms with van der Waals surface area (Å²) in [5.74, 6) is -0.759. The number of carbonyl (C=O) groups is 1. The Balaban J connectivity index is 2.15. The number of carboxylic acids is 1. The van der Waals surface area contributed by atoms with E-state index < -0.39 is 10.9 Å². The molecule has 0 saturated heterocycles. The van der Waals surface area contributed by atoms with Gasteiger partial charge in [-0.05, 0) is 18.2 Å². The minimum absolute atomic E-state index is 0.0161. The van der Waals surface area contributed by atoms with Crippen LogP contribution < -0.4 is 5.32 Å². The molecule has 0 saturated carbocycles. The molecule has 0 aliphatic carbocycles. The molecule has 2 N–H and O–H groups in total. The topological polar surface area (TPSA) is 106 Å². The molecule has 0 aliphatic rings. The first-order valence-electron chi connectivity index (χ1n) is 5.46. The number of halogens is 1.